The molecule has 0 aliphatic carbocycles. The van der Waals surface area contributed by atoms with Gasteiger partial charge in [0.1, 0.15) is 35.8 Å². The summed E-state index contributed by atoms with van der Waals surface area (Å²) in [5, 5.41) is 28.1. The lowest BCUT2D eigenvalue weighted by Crippen LogP contribution is -2.12. The van der Waals surface area contributed by atoms with Gasteiger partial charge in [-0.25, -0.2) is 64.8 Å². The van der Waals surface area contributed by atoms with Crippen LogP contribution in [0.2, 0.25) is 20.1 Å². The number of fused-ring (bicyclic) bond motifs is 9. The Kier molecular flexibility index (Phi) is 30.6. The largest absolute Gasteiger partial charge is 0.382 e. The fraction of sp³-hybridized carbons (Fsp3) is 0.206. The molecule has 12 aromatic heterocycles. The first kappa shape index (κ1) is 93.1. The van der Waals surface area contributed by atoms with Gasteiger partial charge in [0.05, 0.1) is 23.7 Å². The average molecular weight is 1900 g/mol. The van der Waals surface area contributed by atoms with Crippen LogP contribution in [0.4, 0.5) is 17.5 Å². The highest BCUT2D eigenvalue weighted by Crippen LogP contribution is 2.42. The fourth-order valence-electron chi connectivity index (χ4n) is 14.6. The minimum Gasteiger partial charge on any atom is -0.382 e. The van der Waals surface area contributed by atoms with E-state index in [1.54, 1.807) is 36.8 Å². The number of nitrogens with zero attached hydrogens (tertiary/aromatic N) is 20. The number of benzene rings is 7. The first-order valence-corrected chi connectivity index (χ1v) is 46.8. The highest BCUT2D eigenvalue weighted by Gasteiger charge is 2.23. The molecule has 19 aromatic rings. The van der Waals surface area contributed by atoms with Gasteiger partial charge in [0.15, 0.2) is 93.8 Å². The van der Waals surface area contributed by atoms with E-state index >= 15 is 0 Å². The summed E-state index contributed by atoms with van der Waals surface area (Å²) in [7, 11) is 0. The molecule has 0 unspecified atom stereocenters. The second-order valence-corrected chi connectivity index (χ2v) is 36.1. The third-order valence-electron chi connectivity index (χ3n) is 21.2. The van der Waals surface area contributed by atoms with Crippen molar-refractivity contribution in [1.29, 1.82) is 10.8 Å². The minimum absolute atomic E-state index is 0.160. The van der Waals surface area contributed by atoms with Crippen LogP contribution in [-0.4, -0.2) is 108 Å². The van der Waals surface area contributed by atoms with Gasteiger partial charge in [-0.1, -0.05) is 162 Å². The summed E-state index contributed by atoms with van der Waals surface area (Å²) in [6.45, 7) is 12.1. The third kappa shape index (κ3) is 21.5. The van der Waals surface area contributed by atoms with Gasteiger partial charge in [0.2, 0.25) is 0 Å². The van der Waals surface area contributed by atoms with Crippen LogP contribution in [0, 0.1) is 81.0 Å². The number of H-pyrrole nitrogens is 2. The van der Waals surface area contributed by atoms with Crippen LogP contribution >= 0.6 is 93.5 Å². The number of hydrogen-bond acceptors (Lipinski definition) is 24. The number of hydrogen-bond donors (Lipinski definition) is 7. The molecule has 0 radical (unpaired) electrons. The number of nitrogens with two attached hydrogens (primary N) is 3. The molecule has 10 N–H and O–H groups in total. The number of pyridine rings is 2. The summed E-state index contributed by atoms with van der Waals surface area (Å²) in [5.74, 6) is 12.8. The number of anilines is 3. The Morgan fingerprint density at radius 2 is 0.795 bits per heavy atom. The SMILES string of the molecule is C#CCCCn1c(Sc2cc(Cl)cc3c(C)ccnc23)nc2c(N)ncnc21.C#CCCCn1c(Sc2ccc(Cl)c3ccccc23)nc2c(N)ncnc21.C#CCCCn1cnc(=N)c2[nH]c(Sc3cc(Cl)cc4c(C)ccnc34)nc21.C#CCCCn1cnc(=N)c2[nH]c(Sc3ccc(Cl)c4ccccc34)nc21.CCCCn1c(Cc2ccc(C)cc2)nc2c(N)ncnc21. The average Bonchev–Trinajstić information content (AvgIpc) is 1.24. The summed E-state index contributed by atoms with van der Waals surface area (Å²) in [6.07, 6.45) is 41.8. The summed E-state index contributed by atoms with van der Waals surface area (Å²) in [4.78, 5) is 76.6. The number of unbranched alkanes of at least 4 members (excludes halogenated alkanes) is 5. The van der Waals surface area contributed by atoms with E-state index in [9.17, 15) is 0 Å². The molecule has 0 saturated heterocycles. The van der Waals surface area contributed by atoms with E-state index in [1.807, 2.05) is 131 Å². The third-order valence-corrected chi connectivity index (χ3v) is 26.3. The van der Waals surface area contributed by atoms with E-state index in [4.69, 9.17) is 125 Å². The van der Waals surface area contributed by atoms with Crippen molar-refractivity contribution in [1.82, 2.24) is 108 Å². The Morgan fingerprint density at radius 3 is 1.25 bits per heavy atom. The second kappa shape index (κ2) is 43.4. The molecule has 0 atom stereocenters. The van der Waals surface area contributed by atoms with E-state index in [-0.39, 0.29) is 11.0 Å². The van der Waals surface area contributed by atoms with Gasteiger partial charge in [0.25, 0.3) is 0 Å². The Labute approximate surface area is 796 Å². The van der Waals surface area contributed by atoms with Crippen LogP contribution in [0.25, 0.3) is 99.2 Å². The molecule has 0 bridgehead atoms. The van der Waals surface area contributed by atoms with Crippen LogP contribution in [0.15, 0.2) is 218 Å². The molecule has 0 spiro atoms. The highest BCUT2D eigenvalue weighted by molar-refractivity contribution is 8.00. The Bertz CT molecular complexity index is 7810. The summed E-state index contributed by atoms with van der Waals surface area (Å²) < 4.78 is 10.1. The van der Waals surface area contributed by atoms with E-state index < -0.39 is 0 Å². The number of halogens is 4. The quantitative estimate of drug-likeness (QED) is 0.0206. The van der Waals surface area contributed by atoms with Gasteiger partial charge < -0.3 is 50.0 Å². The van der Waals surface area contributed by atoms with Crippen LogP contribution in [0.3, 0.4) is 0 Å². The van der Waals surface area contributed by atoms with E-state index in [1.165, 1.54) is 65.4 Å². The lowest BCUT2D eigenvalue weighted by molar-refractivity contribution is 0.615. The van der Waals surface area contributed by atoms with E-state index in [0.717, 1.165) is 163 Å². The fourth-order valence-corrected chi connectivity index (χ4v) is 19.6. The van der Waals surface area contributed by atoms with Gasteiger partial charge in [-0.15, -0.1) is 49.4 Å². The van der Waals surface area contributed by atoms with Crippen molar-refractivity contribution in [2.45, 2.75) is 171 Å². The van der Waals surface area contributed by atoms with Gasteiger partial charge in [0, 0.05) is 138 Å². The van der Waals surface area contributed by atoms with Crippen molar-refractivity contribution < 1.29 is 0 Å². The molecule has 12 heterocycles. The molecule has 0 amide bonds. The number of nitrogen functional groups attached to an aromatic ring is 3. The number of aryl methyl sites for hydroxylation is 8. The standard InChI is InChI=1S/2C20H17ClN6S.2C20H16ClN5S.C17H21N5/c1-3-4-5-8-27-11-24-18(22)17-19(27)26-20(25-17)28-15-10-13(21)9-14-12(2)6-7-23-16(14)15;1-3-4-5-8-27-19-17(18(22)24-11-25-19)26-20(27)28-15-10-13(21)9-14-12(2)6-7-23-16(14)15;1-2-3-6-11-26-12-23-18(22)17-19(26)25-20(24-17)27-16-10-9-15(21)13-7-4-5-8-14(13)16;1-2-3-6-11-26-19-17(18(22)23-12-24-19)25-20(26)27-16-10-9-15(21)13-7-4-5-8-14(13)16;1-3-4-9-22-14(10-13-7-5-12(2)6-8-13)21-15-16(18)19-11-20-17(15)22/h1,6-7,9-11,22H,4-5,8H2,2H3,(H,25,26);1,6-7,9-11H,4-5,8H2,2H3,(H2,22,24,25);1,4-5,7-10,12,22H,3,6,11H2,(H,24,25);1,4-5,7-10,12H,3,6,11H2,(H2,22,23,24);5-8,11H,3-4,9-10H2,1-2H3,(H2,18,19,20). The maximum atomic E-state index is 8.09. The van der Waals surface area contributed by atoms with Crippen LogP contribution in [0.1, 0.15) is 99.2 Å². The number of imidazole rings is 5. The zero-order valence-electron chi connectivity index (χ0n) is 72.2. The van der Waals surface area contributed by atoms with E-state index in [2.05, 4.69) is 137 Å². The molecule has 132 heavy (non-hydrogen) atoms. The summed E-state index contributed by atoms with van der Waals surface area (Å²) in [6, 6.07) is 44.0. The molecular weight excluding hydrogens is 1810 g/mol. The Hall–Kier alpha value is -13.6. The zero-order chi connectivity index (χ0) is 92.5. The van der Waals surface area contributed by atoms with Crippen molar-refractivity contribution in [2.24, 2.45) is 0 Å². The molecule has 0 aliphatic heterocycles. The number of rotatable bonds is 25. The summed E-state index contributed by atoms with van der Waals surface area (Å²) in [5.41, 5.74) is 31.6. The second-order valence-electron chi connectivity index (χ2n) is 30.3. The minimum atomic E-state index is 0.160. The predicted octanol–water partition coefficient (Wildman–Crippen LogP) is 21.3. The van der Waals surface area contributed by atoms with Crippen LogP contribution in [-0.2, 0) is 39.1 Å². The van der Waals surface area contributed by atoms with Gasteiger partial charge in [-0.05, 0) is 165 Å². The molecule has 662 valence electrons. The highest BCUT2D eigenvalue weighted by atomic mass is 35.5. The molecule has 0 saturated carbocycles. The number of aromatic nitrogens is 22. The van der Waals surface area contributed by atoms with Gasteiger partial charge in [-0.2, -0.15) is 0 Å². The monoisotopic (exact) mass is 1900 g/mol. The lowest BCUT2D eigenvalue weighted by Gasteiger charge is -2.10. The maximum absolute atomic E-state index is 8.09. The van der Waals surface area contributed by atoms with E-state index in [0.29, 0.717) is 134 Å². The number of terminal acetylenes is 4. The molecule has 19 rings (SSSR count). The molecule has 27 nitrogen and oxygen atoms in total. The smallest absolute Gasteiger partial charge is 0.175 e. The van der Waals surface area contributed by atoms with Crippen molar-refractivity contribution in [3.05, 3.63) is 237 Å². The van der Waals surface area contributed by atoms with Crippen LogP contribution < -0.4 is 28.2 Å². The number of nitrogens with one attached hydrogen (secondary N) is 4. The zero-order valence-corrected chi connectivity index (χ0v) is 78.5. The van der Waals surface area contributed by atoms with Gasteiger partial charge >= 0.3 is 0 Å². The normalized spacial score (nSPS) is 11.2. The van der Waals surface area contributed by atoms with Gasteiger partial charge in [-0.3, -0.25) is 20.8 Å². The summed E-state index contributed by atoms with van der Waals surface area (Å²) >= 11 is 31.4. The molecule has 0 fully saturated rings. The van der Waals surface area contributed by atoms with Crippen LogP contribution in [0.5, 0.6) is 0 Å². The first-order chi connectivity index (χ1) is 64.2. The van der Waals surface area contributed by atoms with Crippen molar-refractivity contribution in [3.63, 3.8) is 0 Å². The van der Waals surface area contributed by atoms with Crippen molar-refractivity contribution in [2.75, 3.05) is 17.2 Å². The molecular formula is C97H87Cl4N27S4. The van der Waals surface area contributed by atoms with Crippen molar-refractivity contribution >= 4 is 210 Å². The predicted molar refractivity (Wildman–Crippen MR) is 533 cm³/mol. The molecule has 7 aromatic carbocycles. The lowest BCUT2D eigenvalue weighted by atomic mass is 10.1. The molecule has 35 heteroatoms. The topological polar surface area (TPSA) is 375 Å². The Balaban J connectivity index is 0.000000126. The van der Waals surface area contributed by atoms with Crippen molar-refractivity contribution in [3.8, 4) is 49.4 Å². The number of aromatic amines is 2. The molecule has 0 aliphatic rings. The maximum Gasteiger partial charge on any atom is 0.175 e. The first-order valence-electron chi connectivity index (χ1n) is 42.0. The Morgan fingerprint density at radius 1 is 0.394 bits per heavy atom.